The third-order valence-corrected chi connectivity index (χ3v) is 6.30. The summed E-state index contributed by atoms with van der Waals surface area (Å²) in [6, 6.07) is 13.4. The van der Waals surface area contributed by atoms with E-state index in [9.17, 15) is 14.0 Å². The summed E-state index contributed by atoms with van der Waals surface area (Å²) in [5.41, 5.74) is 0.592. The average Bonchev–Trinajstić information content (AvgIpc) is 3.13. The Morgan fingerprint density at radius 3 is 2.59 bits per heavy atom. The van der Waals surface area contributed by atoms with E-state index < -0.39 is 0 Å². The minimum absolute atomic E-state index is 0.0493. The SMILES string of the molecule is O=C(CN1CCN(C(=O)c2cc3cc(F)ccc3s2)CC1)Nc1ccccc1Cl. The number of nitrogens with zero attached hydrogens (tertiary/aromatic N) is 2. The van der Waals surface area contributed by atoms with Gasteiger partial charge in [-0.25, -0.2) is 4.39 Å². The number of thiophene rings is 1. The number of anilines is 1. The van der Waals surface area contributed by atoms with E-state index in [1.165, 1.54) is 23.5 Å². The van der Waals surface area contributed by atoms with Crippen LogP contribution in [-0.4, -0.2) is 54.3 Å². The van der Waals surface area contributed by atoms with E-state index in [1.54, 1.807) is 35.2 Å². The van der Waals surface area contributed by atoms with Crippen molar-refractivity contribution in [2.75, 3.05) is 38.0 Å². The molecule has 0 bridgehead atoms. The number of amides is 2. The maximum atomic E-state index is 13.4. The number of benzene rings is 2. The molecule has 1 saturated heterocycles. The van der Waals surface area contributed by atoms with Gasteiger partial charge in [-0.2, -0.15) is 0 Å². The van der Waals surface area contributed by atoms with Crippen LogP contribution in [0.3, 0.4) is 0 Å². The molecule has 0 saturated carbocycles. The van der Waals surface area contributed by atoms with Crippen LogP contribution in [0.15, 0.2) is 48.5 Å². The Labute approximate surface area is 176 Å². The van der Waals surface area contributed by atoms with Crippen LogP contribution in [0.25, 0.3) is 10.1 Å². The first kappa shape index (κ1) is 19.8. The maximum Gasteiger partial charge on any atom is 0.264 e. The number of hydrogen-bond acceptors (Lipinski definition) is 4. The molecule has 4 rings (SSSR count). The van der Waals surface area contributed by atoms with Crippen molar-refractivity contribution in [2.45, 2.75) is 0 Å². The Morgan fingerprint density at radius 1 is 1.07 bits per heavy atom. The monoisotopic (exact) mass is 431 g/mol. The number of nitrogens with one attached hydrogen (secondary N) is 1. The van der Waals surface area contributed by atoms with Crippen molar-refractivity contribution >= 4 is 50.5 Å². The molecule has 1 fully saturated rings. The second-order valence-electron chi connectivity index (χ2n) is 6.89. The van der Waals surface area contributed by atoms with Gasteiger partial charge in [0.2, 0.25) is 5.91 Å². The second-order valence-corrected chi connectivity index (χ2v) is 8.38. The van der Waals surface area contributed by atoms with Crippen molar-refractivity contribution in [2.24, 2.45) is 0 Å². The smallest absolute Gasteiger partial charge is 0.264 e. The van der Waals surface area contributed by atoms with E-state index in [4.69, 9.17) is 11.6 Å². The molecule has 0 atom stereocenters. The van der Waals surface area contributed by atoms with Crippen molar-refractivity contribution in [3.63, 3.8) is 0 Å². The summed E-state index contributed by atoms with van der Waals surface area (Å²) < 4.78 is 14.3. The lowest BCUT2D eigenvalue weighted by Gasteiger charge is -2.34. The molecule has 3 aromatic rings. The number of para-hydroxylation sites is 1. The Bertz CT molecular complexity index is 1060. The van der Waals surface area contributed by atoms with Crippen LogP contribution in [0.1, 0.15) is 9.67 Å². The van der Waals surface area contributed by atoms with Crippen molar-refractivity contribution in [1.29, 1.82) is 0 Å². The largest absolute Gasteiger partial charge is 0.335 e. The Morgan fingerprint density at radius 2 is 1.83 bits per heavy atom. The molecule has 1 aliphatic rings. The highest BCUT2D eigenvalue weighted by molar-refractivity contribution is 7.20. The summed E-state index contributed by atoms with van der Waals surface area (Å²) in [5.74, 6) is -0.492. The normalized spacial score (nSPS) is 14.9. The number of halogens is 2. The highest BCUT2D eigenvalue weighted by Crippen LogP contribution is 2.27. The Hall–Kier alpha value is -2.48. The predicted octanol–water partition coefficient (Wildman–Crippen LogP) is 4.09. The fraction of sp³-hybridized carbons (Fsp3) is 0.238. The lowest BCUT2D eigenvalue weighted by atomic mass is 10.2. The van der Waals surface area contributed by atoms with Crippen LogP contribution in [-0.2, 0) is 4.79 Å². The molecule has 2 amide bonds. The molecule has 8 heteroatoms. The fourth-order valence-corrected chi connectivity index (χ4v) is 4.53. The van der Waals surface area contributed by atoms with Gasteiger partial charge in [-0.05, 0) is 41.8 Å². The molecule has 150 valence electrons. The van der Waals surface area contributed by atoms with Crippen molar-refractivity contribution in [3.05, 3.63) is 64.2 Å². The second kappa shape index (κ2) is 8.49. The quantitative estimate of drug-likeness (QED) is 0.677. The number of piperazine rings is 1. The number of rotatable bonds is 4. The van der Waals surface area contributed by atoms with Crippen LogP contribution in [0.4, 0.5) is 10.1 Å². The standard InChI is InChI=1S/C21H19ClFN3O2S/c22-16-3-1-2-4-17(16)24-20(27)13-25-7-9-26(10-8-25)21(28)19-12-14-11-15(23)5-6-18(14)29-19/h1-6,11-12H,7-10,13H2,(H,24,27). The first-order valence-electron chi connectivity index (χ1n) is 9.25. The van der Waals surface area contributed by atoms with Crippen molar-refractivity contribution in [1.82, 2.24) is 9.80 Å². The summed E-state index contributed by atoms with van der Waals surface area (Å²) >= 11 is 7.44. The number of hydrogen-bond donors (Lipinski definition) is 1. The van der Waals surface area contributed by atoms with E-state index >= 15 is 0 Å². The Kier molecular flexibility index (Phi) is 5.80. The molecule has 2 heterocycles. The maximum absolute atomic E-state index is 13.4. The van der Waals surface area contributed by atoms with Gasteiger partial charge in [0.05, 0.1) is 22.1 Å². The molecule has 1 aliphatic heterocycles. The molecule has 29 heavy (non-hydrogen) atoms. The van der Waals surface area contributed by atoms with Gasteiger partial charge in [0.15, 0.2) is 0 Å². The average molecular weight is 432 g/mol. The summed E-state index contributed by atoms with van der Waals surface area (Å²) in [6.45, 7) is 2.56. The topological polar surface area (TPSA) is 52.7 Å². The molecule has 0 unspecified atom stereocenters. The van der Waals surface area contributed by atoms with E-state index in [0.717, 1.165) is 10.1 Å². The van der Waals surface area contributed by atoms with Gasteiger partial charge in [0.1, 0.15) is 5.82 Å². The molecule has 5 nitrogen and oxygen atoms in total. The molecule has 1 aromatic heterocycles. The minimum atomic E-state index is -0.307. The van der Waals surface area contributed by atoms with E-state index in [0.29, 0.717) is 41.8 Å². The van der Waals surface area contributed by atoms with Gasteiger partial charge in [-0.15, -0.1) is 11.3 Å². The number of carbonyl (C=O) groups excluding carboxylic acids is 2. The Balaban J connectivity index is 1.32. The number of carbonyl (C=O) groups is 2. The lowest BCUT2D eigenvalue weighted by Crippen LogP contribution is -2.50. The molecule has 1 N–H and O–H groups in total. The third kappa shape index (κ3) is 4.58. The fourth-order valence-electron chi connectivity index (χ4n) is 3.34. The first-order chi connectivity index (χ1) is 14.0. The summed E-state index contributed by atoms with van der Waals surface area (Å²) in [5, 5.41) is 4.06. The zero-order valence-corrected chi connectivity index (χ0v) is 17.1. The first-order valence-corrected chi connectivity index (χ1v) is 10.4. The molecular weight excluding hydrogens is 413 g/mol. The highest BCUT2D eigenvalue weighted by Gasteiger charge is 2.24. The third-order valence-electron chi connectivity index (χ3n) is 4.86. The predicted molar refractivity (Wildman–Crippen MR) is 114 cm³/mol. The van der Waals surface area contributed by atoms with Gasteiger partial charge in [-0.1, -0.05) is 23.7 Å². The lowest BCUT2D eigenvalue weighted by molar-refractivity contribution is -0.117. The van der Waals surface area contributed by atoms with Gasteiger partial charge >= 0.3 is 0 Å². The van der Waals surface area contributed by atoms with Crippen LogP contribution in [0.5, 0.6) is 0 Å². The van der Waals surface area contributed by atoms with Gasteiger partial charge < -0.3 is 10.2 Å². The molecule has 0 radical (unpaired) electrons. The van der Waals surface area contributed by atoms with Gasteiger partial charge in [-0.3, -0.25) is 14.5 Å². The molecular formula is C21H19ClFN3O2S. The number of fused-ring (bicyclic) bond motifs is 1. The van der Waals surface area contributed by atoms with Gasteiger partial charge in [0, 0.05) is 30.9 Å². The highest BCUT2D eigenvalue weighted by atomic mass is 35.5. The van der Waals surface area contributed by atoms with Gasteiger partial charge in [0.25, 0.3) is 5.91 Å². The molecule has 0 spiro atoms. The van der Waals surface area contributed by atoms with Crippen molar-refractivity contribution in [3.8, 4) is 0 Å². The minimum Gasteiger partial charge on any atom is -0.335 e. The van der Waals surface area contributed by atoms with Crippen LogP contribution in [0, 0.1) is 5.82 Å². The molecule has 2 aromatic carbocycles. The zero-order chi connectivity index (χ0) is 20.4. The van der Waals surface area contributed by atoms with E-state index in [1.807, 2.05) is 11.0 Å². The van der Waals surface area contributed by atoms with Crippen LogP contribution >= 0.6 is 22.9 Å². The molecule has 0 aliphatic carbocycles. The summed E-state index contributed by atoms with van der Waals surface area (Å²) in [6.07, 6.45) is 0. The zero-order valence-electron chi connectivity index (χ0n) is 15.5. The van der Waals surface area contributed by atoms with Crippen LogP contribution < -0.4 is 5.32 Å². The van der Waals surface area contributed by atoms with E-state index in [2.05, 4.69) is 5.32 Å². The summed E-state index contributed by atoms with van der Waals surface area (Å²) in [4.78, 5) is 29.5. The summed E-state index contributed by atoms with van der Waals surface area (Å²) in [7, 11) is 0. The van der Waals surface area contributed by atoms with E-state index in [-0.39, 0.29) is 24.2 Å². The van der Waals surface area contributed by atoms with Crippen LogP contribution in [0.2, 0.25) is 5.02 Å². The van der Waals surface area contributed by atoms with Crippen molar-refractivity contribution < 1.29 is 14.0 Å².